The lowest BCUT2D eigenvalue weighted by Crippen LogP contribution is -2.37. The first-order valence-corrected chi connectivity index (χ1v) is 7.95. The van der Waals surface area contributed by atoms with Gasteiger partial charge in [0.05, 0.1) is 13.0 Å². The third-order valence-electron chi connectivity index (χ3n) is 4.21. The van der Waals surface area contributed by atoms with Crippen LogP contribution >= 0.6 is 0 Å². The van der Waals surface area contributed by atoms with Crippen molar-refractivity contribution in [1.29, 1.82) is 0 Å². The Labute approximate surface area is 137 Å². The molecule has 0 saturated carbocycles. The van der Waals surface area contributed by atoms with Crippen molar-refractivity contribution in [2.24, 2.45) is 5.92 Å². The lowest BCUT2D eigenvalue weighted by Gasteiger charge is -2.18. The molecule has 6 nitrogen and oxygen atoms in total. The lowest BCUT2D eigenvalue weighted by atomic mass is 10.1. The van der Waals surface area contributed by atoms with Crippen molar-refractivity contribution in [1.82, 2.24) is 10.2 Å². The van der Waals surface area contributed by atoms with Gasteiger partial charge in [-0.2, -0.15) is 0 Å². The second kappa shape index (κ2) is 7.97. The van der Waals surface area contributed by atoms with E-state index in [4.69, 9.17) is 4.74 Å². The Morgan fingerprint density at radius 1 is 1.39 bits per heavy atom. The molecule has 0 aromatic heterocycles. The fourth-order valence-corrected chi connectivity index (χ4v) is 2.57. The number of hydrogen-bond donors (Lipinski definition) is 1. The van der Waals surface area contributed by atoms with Crippen LogP contribution in [0.25, 0.3) is 0 Å². The minimum Gasteiger partial charge on any atom is -0.497 e. The van der Waals surface area contributed by atoms with Crippen LogP contribution in [0.4, 0.5) is 5.69 Å². The highest BCUT2D eigenvalue weighted by Gasteiger charge is 2.34. The molecule has 0 unspecified atom stereocenters. The summed E-state index contributed by atoms with van der Waals surface area (Å²) in [6.45, 7) is 4.87. The second-order valence-electron chi connectivity index (χ2n) is 5.79. The molecule has 1 saturated heterocycles. The van der Waals surface area contributed by atoms with Gasteiger partial charge in [-0.15, -0.1) is 0 Å². The fourth-order valence-electron chi connectivity index (χ4n) is 2.57. The number of nitrogens with zero attached hydrogens (tertiary/aromatic N) is 2. The number of anilines is 1. The first-order valence-electron chi connectivity index (χ1n) is 7.95. The zero-order valence-corrected chi connectivity index (χ0v) is 14.0. The molecule has 1 N–H and O–H groups in total. The van der Waals surface area contributed by atoms with E-state index in [1.165, 1.54) is 0 Å². The molecular weight excluding hydrogens is 294 g/mol. The van der Waals surface area contributed by atoms with Gasteiger partial charge >= 0.3 is 0 Å². The van der Waals surface area contributed by atoms with Crippen molar-refractivity contribution >= 4 is 17.5 Å². The minimum atomic E-state index is -0.281. The standard InChI is InChI=1S/C17H25N3O3/c1-4-19(2)10-9-18-17(22)13-11-16(21)20(12-13)14-5-7-15(23-3)8-6-14/h5-8,13H,4,9-12H2,1-3H3,(H,18,22)/t13-/m0/s1. The molecule has 1 aliphatic rings. The SMILES string of the molecule is CCN(C)CCNC(=O)[C@H]1CC(=O)N(c2ccc(OC)cc2)C1. The molecule has 23 heavy (non-hydrogen) atoms. The fraction of sp³-hybridized carbons (Fsp3) is 0.529. The van der Waals surface area contributed by atoms with Crippen molar-refractivity contribution in [3.63, 3.8) is 0 Å². The van der Waals surface area contributed by atoms with E-state index >= 15 is 0 Å². The number of amides is 2. The molecule has 1 aromatic carbocycles. The van der Waals surface area contributed by atoms with Gasteiger partial charge in [-0.1, -0.05) is 6.92 Å². The molecular formula is C17H25N3O3. The molecule has 0 spiro atoms. The normalized spacial score (nSPS) is 17.7. The van der Waals surface area contributed by atoms with Crippen LogP contribution in [-0.4, -0.2) is 57.1 Å². The smallest absolute Gasteiger partial charge is 0.227 e. The van der Waals surface area contributed by atoms with Gasteiger partial charge in [0.15, 0.2) is 0 Å². The molecule has 0 aliphatic carbocycles. The maximum absolute atomic E-state index is 12.2. The van der Waals surface area contributed by atoms with E-state index in [2.05, 4.69) is 17.1 Å². The number of hydrogen-bond acceptors (Lipinski definition) is 4. The number of benzene rings is 1. The van der Waals surface area contributed by atoms with Gasteiger partial charge in [0, 0.05) is 31.7 Å². The highest BCUT2D eigenvalue weighted by molar-refractivity contribution is 6.00. The second-order valence-corrected chi connectivity index (χ2v) is 5.79. The van der Waals surface area contributed by atoms with Gasteiger partial charge in [0.1, 0.15) is 5.75 Å². The van der Waals surface area contributed by atoms with Crippen molar-refractivity contribution in [3.05, 3.63) is 24.3 Å². The van der Waals surface area contributed by atoms with Gasteiger partial charge in [-0.25, -0.2) is 0 Å². The van der Waals surface area contributed by atoms with Crippen LogP contribution in [0.5, 0.6) is 5.75 Å². The molecule has 1 fully saturated rings. The van der Waals surface area contributed by atoms with Crippen LogP contribution in [0.3, 0.4) is 0 Å². The molecule has 2 amide bonds. The summed E-state index contributed by atoms with van der Waals surface area (Å²) in [6, 6.07) is 7.31. The molecule has 0 bridgehead atoms. The Bertz CT molecular complexity index is 545. The van der Waals surface area contributed by atoms with E-state index in [-0.39, 0.29) is 24.2 Å². The monoisotopic (exact) mass is 319 g/mol. The largest absolute Gasteiger partial charge is 0.497 e. The first-order chi connectivity index (χ1) is 11.0. The topological polar surface area (TPSA) is 61.9 Å². The summed E-state index contributed by atoms with van der Waals surface area (Å²) in [5.74, 6) is 0.408. The van der Waals surface area contributed by atoms with Gasteiger partial charge < -0.3 is 19.9 Å². The molecule has 1 atom stereocenters. The number of ether oxygens (including phenoxy) is 1. The maximum Gasteiger partial charge on any atom is 0.227 e. The minimum absolute atomic E-state index is 0.0130. The van der Waals surface area contributed by atoms with E-state index in [9.17, 15) is 9.59 Å². The van der Waals surface area contributed by atoms with Gasteiger partial charge in [-0.3, -0.25) is 9.59 Å². The number of likely N-dealkylation sites (N-methyl/N-ethyl adjacent to an activating group) is 1. The zero-order chi connectivity index (χ0) is 16.8. The van der Waals surface area contributed by atoms with Gasteiger partial charge in [0.25, 0.3) is 0 Å². The molecule has 2 rings (SSSR count). The van der Waals surface area contributed by atoms with Crippen molar-refractivity contribution in [2.75, 3.05) is 45.2 Å². The average molecular weight is 319 g/mol. The predicted octanol–water partition coefficient (Wildman–Crippen LogP) is 1.12. The molecule has 1 aliphatic heterocycles. The summed E-state index contributed by atoms with van der Waals surface area (Å²) in [7, 11) is 3.61. The molecule has 1 aromatic rings. The Hall–Kier alpha value is -2.08. The number of methoxy groups -OCH3 is 1. The lowest BCUT2D eigenvalue weighted by molar-refractivity contribution is -0.126. The van der Waals surface area contributed by atoms with E-state index in [1.54, 1.807) is 12.0 Å². The van der Waals surface area contributed by atoms with Gasteiger partial charge in [-0.05, 0) is 37.9 Å². The van der Waals surface area contributed by atoms with Crippen LogP contribution < -0.4 is 15.0 Å². The average Bonchev–Trinajstić information content (AvgIpc) is 2.96. The summed E-state index contributed by atoms with van der Waals surface area (Å²) in [5, 5.41) is 2.92. The van der Waals surface area contributed by atoms with Crippen LogP contribution in [-0.2, 0) is 9.59 Å². The number of carbonyl (C=O) groups is 2. The molecule has 1 heterocycles. The highest BCUT2D eigenvalue weighted by atomic mass is 16.5. The Morgan fingerprint density at radius 2 is 2.09 bits per heavy atom. The third-order valence-corrected chi connectivity index (χ3v) is 4.21. The number of rotatable bonds is 7. The summed E-state index contributed by atoms with van der Waals surface area (Å²) in [4.78, 5) is 28.2. The van der Waals surface area contributed by atoms with E-state index in [0.717, 1.165) is 24.5 Å². The van der Waals surface area contributed by atoms with E-state index in [1.807, 2.05) is 31.3 Å². The van der Waals surface area contributed by atoms with Crippen LogP contribution in [0.15, 0.2) is 24.3 Å². The molecule has 6 heteroatoms. The maximum atomic E-state index is 12.2. The Kier molecular flexibility index (Phi) is 5.98. The first kappa shape index (κ1) is 17.3. The summed E-state index contributed by atoms with van der Waals surface area (Å²) >= 11 is 0. The Balaban J connectivity index is 1.89. The van der Waals surface area contributed by atoms with Crippen LogP contribution in [0.2, 0.25) is 0 Å². The van der Waals surface area contributed by atoms with Crippen molar-refractivity contribution in [2.45, 2.75) is 13.3 Å². The van der Waals surface area contributed by atoms with Crippen LogP contribution in [0, 0.1) is 5.92 Å². The summed E-state index contributed by atoms with van der Waals surface area (Å²) in [6.07, 6.45) is 0.265. The highest BCUT2D eigenvalue weighted by Crippen LogP contribution is 2.26. The summed E-state index contributed by atoms with van der Waals surface area (Å²) < 4.78 is 5.12. The molecule has 0 radical (unpaired) electrons. The predicted molar refractivity (Wildman–Crippen MR) is 89.6 cm³/mol. The Morgan fingerprint density at radius 3 is 2.70 bits per heavy atom. The van der Waals surface area contributed by atoms with Gasteiger partial charge in [0.2, 0.25) is 11.8 Å². The summed E-state index contributed by atoms with van der Waals surface area (Å²) in [5.41, 5.74) is 0.803. The van der Waals surface area contributed by atoms with E-state index < -0.39 is 0 Å². The number of carbonyl (C=O) groups excluding carboxylic acids is 2. The van der Waals surface area contributed by atoms with E-state index in [0.29, 0.717) is 13.1 Å². The third kappa shape index (κ3) is 4.45. The van der Waals surface area contributed by atoms with Crippen molar-refractivity contribution in [3.8, 4) is 5.75 Å². The van der Waals surface area contributed by atoms with Crippen LogP contribution in [0.1, 0.15) is 13.3 Å². The quantitative estimate of drug-likeness (QED) is 0.818. The number of nitrogens with one attached hydrogen (secondary N) is 1. The van der Waals surface area contributed by atoms with Crippen molar-refractivity contribution < 1.29 is 14.3 Å². The molecule has 126 valence electrons. The zero-order valence-electron chi connectivity index (χ0n) is 14.0.